The molecular weight excluding hydrogens is 577 g/mol. The van der Waals surface area contributed by atoms with Gasteiger partial charge in [-0.2, -0.15) is 0 Å². The van der Waals surface area contributed by atoms with E-state index in [4.69, 9.17) is 16.3 Å². The number of aryl methyl sites for hydroxylation is 1. The molecule has 1 unspecified atom stereocenters. The summed E-state index contributed by atoms with van der Waals surface area (Å²) in [7, 11) is 0. The molecule has 1 atom stereocenters. The van der Waals surface area contributed by atoms with Crippen molar-refractivity contribution < 1.29 is 43.5 Å². The number of likely N-dealkylation sites (tertiary alicyclic amines) is 1. The first-order valence-electron chi connectivity index (χ1n) is 14.4. The van der Waals surface area contributed by atoms with Gasteiger partial charge in [-0.1, -0.05) is 23.7 Å². The summed E-state index contributed by atoms with van der Waals surface area (Å²) in [5.41, 5.74) is 5.44. The van der Waals surface area contributed by atoms with Crippen LogP contribution in [-0.2, 0) is 34.5 Å². The molecule has 0 saturated carbocycles. The first kappa shape index (κ1) is 32.1. The van der Waals surface area contributed by atoms with Crippen molar-refractivity contribution in [2.75, 3.05) is 31.1 Å². The Kier molecular flexibility index (Phi) is 8.44. The molecule has 2 aromatic carbocycles. The van der Waals surface area contributed by atoms with Crippen molar-refractivity contribution in [1.82, 2.24) is 19.4 Å². The second-order valence-electron chi connectivity index (χ2n) is 13.1. The average Bonchev–Trinajstić information content (AvgIpc) is 3.59. The van der Waals surface area contributed by atoms with E-state index in [-0.39, 0.29) is 48.3 Å². The fraction of sp³-hybridized carbons (Fsp3) is 0.438. The molecule has 2 fully saturated rings. The molecule has 0 radical (unpaired) electrons. The van der Waals surface area contributed by atoms with E-state index >= 15 is 0 Å². The molecule has 3 aromatic rings. The van der Waals surface area contributed by atoms with Gasteiger partial charge in [-0.3, -0.25) is 4.79 Å². The maximum absolute atomic E-state index is 13.6. The zero-order valence-corrected chi connectivity index (χ0v) is 26.2. The van der Waals surface area contributed by atoms with Gasteiger partial charge in [-0.25, -0.2) is 16.1 Å². The second-order valence-corrected chi connectivity index (χ2v) is 13.5. The minimum Gasteiger partial charge on any atom is -2.00 e. The van der Waals surface area contributed by atoms with Gasteiger partial charge in [0.15, 0.2) is 0 Å². The molecule has 10 nitrogen and oxygen atoms in total. The van der Waals surface area contributed by atoms with Crippen LogP contribution in [0.4, 0.5) is 10.5 Å². The van der Waals surface area contributed by atoms with Crippen LogP contribution in [0, 0.1) is 5.41 Å². The van der Waals surface area contributed by atoms with Crippen molar-refractivity contribution in [3.05, 3.63) is 70.3 Å². The van der Waals surface area contributed by atoms with Crippen molar-refractivity contribution in [1.29, 1.82) is 0 Å². The van der Waals surface area contributed by atoms with Gasteiger partial charge in [0.2, 0.25) is 0 Å². The summed E-state index contributed by atoms with van der Waals surface area (Å²) in [6.45, 7) is 10.0. The SMILES string of the molecule is CC(C)(C)OC(=O)N1CC2(C1)CN(c1ccc(-c3cc(Cl)c4c(c3)C(=O)N(C([C-]=O)c3ncn5c3CCC5)C4)cc1)C2.[Li+].[O-2]. The summed E-state index contributed by atoms with van der Waals surface area (Å²) in [4.78, 5) is 48.1. The van der Waals surface area contributed by atoms with Crippen molar-refractivity contribution in [3.63, 3.8) is 0 Å². The van der Waals surface area contributed by atoms with Crippen LogP contribution in [0.2, 0.25) is 5.02 Å². The molecule has 1 spiro atoms. The molecule has 0 N–H and O–H groups in total. The average molecular weight is 610 g/mol. The number of benzene rings is 2. The van der Waals surface area contributed by atoms with E-state index in [1.165, 1.54) is 4.90 Å². The zero-order valence-electron chi connectivity index (χ0n) is 25.4. The van der Waals surface area contributed by atoms with Crippen LogP contribution in [0.25, 0.3) is 11.1 Å². The molecule has 4 aliphatic rings. The van der Waals surface area contributed by atoms with Crippen LogP contribution in [0.5, 0.6) is 0 Å². The van der Waals surface area contributed by atoms with E-state index in [2.05, 4.69) is 28.3 Å². The molecule has 12 heteroatoms. The minimum atomic E-state index is -0.857. The minimum absolute atomic E-state index is 0. The maximum atomic E-state index is 13.6. The number of rotatable bonds is 5. The van der Waals surface area contributed by atoms with E-state index in [0.29, 0.717) is 16.3 Å². The predicted molar refractivity (Wildman–Crippen MR) is 159 cm³/mol. The third-order valence-corrected chi connectivity index (χ3v) is 9.15. The van der Waals surface area contributed by atoms with E-state index in [1.807, 2.05) is 49.6 Å². The summed E-state index contributed by atoms with van der Waals surface area (Å²) >= 11 is 6.72. The fourth-order valence-electron chi connectivity index (χ4n) is 6.79. The van der Waals surface area contributed by atoms with Crippen molar-refractivity contribution in [3.8, 4) is 11.1 Å². The normalized spacial score (nSPS) is 18.5. The van der Waals surface area contributed by atoms with Gasteiger partial charge in [0, 0.05) is 72.2 Å². The Morgan fingerprint density at radius 2 is 1.80 bits per heavy atom. The number of fused-ring (bicyclic) bond motifs is 2. The third kappa shape index (κ3) is 5.43. The number of aromatic nitrogens is 2. The maximum Gasteiger partial charge on any atom is 1.00 e. The number of imidazole rings is 1. The monoisotopic (exact) mass is 609 g/mol. The van der Waals surface area contributed by atoms with Gasteiger partial charge in [0.05, 0.1) is 12.0 Å². The van der Waals surface area contributed by atoms with E-state index in [9.17, 15) is 14.4 Å². The Hall–Kier alpha value is -3.29. The van der Waals surface area contributed by atoms with Gasteiger partial charge < -0.3 is 34.3 Å². The number of carbonyl (C=O) groups excluding carboxylic acids is 3. The topological polar surface area (TPSA) is 116 Å². The summed E-state index contributed by atoms with van der Waals surface area (Å²) in [5, 5.41) is 0.506. The standard InChI is InChI=1S/C32H33ClN5O4.Li.O/c1-31(2,3)42-30(41)37-17-32(18-37)15-36(16-32)22-8-6-20(7-9-22)21-11-23-24(25(33)12-21)13-38(29(23)40)27(14-39)28-26-5-4-10-35(26)19-34-28;;/h6-9,11-12,19,27H,4-5,10,13,15-18H2,1-3H3;;/q-1;+1;-2. The van der Waals surface area contributed by atoms with Crippen molar-refractivity contribution in [2.24, 2.45) is 5.41 Å². The summed E-state index contributed by atoms with van der Waals surface area (Å²) in [6, 6.07) is 11.1. The number of hydrogen-bond donors (Lipinski definition) is 0. The van der Waals surface area contributed by atoms with Crippen LogP contribution in [-0.4, -0.2) is 69.4 Å². The smallest absolute Gasteiger partial charge is 1.00 e. The summed E-state index contributed by atoms with van der Waals surface area (Å²) in [5.74, 6) is -0.231. The van der Waals surface area contributed by atoms with Crippen molar-refractivity contribution >= 4 is 35.6 Å². The number of amides is 2. The van der Waals surface area contributed by atoms with E-state index in [0.717, 1.165) is 73.6 Å². The van der Waals surface area contributed by atoms with Gasteiger partial charge in [-0.15, -0.1) is 0 Å². The van der Waals surface area contributed by atoms with Gasteiger partial charge in [0.1, 0.15) is 5.60 Å². The third-order valence-electron chi connectivity index (χ3n) is 8.81. The van der Waals surface area contributed by atoms with E-state index < -0.39 is 11.6 Å². The molecular formula is C32H33ClLiN5O5-2. The first-order chi connectivity index (χ1) is 20.0. The zero-order chi connectivity index (χ0) is 29.4. The van der Waals surface area contributed by atoms with Crippen LogP contribution < -0.4 is 23.8 Å². The molecule has 2 amide bonds. The molecule has 1 aromatic heterocycles. The molecule has 0 bridgehead atoms. The second kappa shape index (κ2) is 11.6. The Bertz CT molecular complexity index is 1600. The van der Waals surface area contributed by atoms with Crippen LogP contribution in [0.1, 0.15) is 60.5 Å². The molecule has 0 aliphatic carbocycles. The summed E-state index contributed by atoms with van der Waals surface area (Å²) < 4.78 is 7.54. The number of carbonyl (C=O) groups is 2. The van der Waals surface area contributed by atoms with Crippen molar-refractivity contribution in [2.45, 2.75) is 58.3 Å². The first-order valence-corrected chi connectivity index (χ1v) is 14.8. The number of nitrogens with zero attached hydrogens (tertiary/aromatic N) is 5. The number of ether oxygens (including phenoxy) is 1. The molecule has 226 valence electrons. The van der Waals surface area contributed by atoms with Gasteiger partial charge in [0.25, 0.3) is 5.91 Å². The molecule has 44 heavy (non-hydrogen) atoms. The largest absolute Gasteiger partial charge is 2.00 e. The van der Waals surface area contributed by atoms with E-state index in [1.54, 1.807) is 11.2 Å². The molecule has 7 rings (SSSR count). The Labute approximate surface area is 273 Å². The summed E-state index contributed by atoms with van der Waals surface area (Å²) in [6.07, 6.45) is 5.42. The molecule has 5 heterocycles. The van der Waals surface area contributed by atoms with Crippen LogP contribution in [0.15, 0.2) is 42.7 Å². The number of anilines is 1. The Morgan fingerprint density at radius 3 is 2.45 bits per heavy atom. The quantitative estimate of drug-likeness (QED) is 0.322. The van der Waals surface area contributed by atoms with Crippen LogP contribution >= 0.6 is 11.6 Å². The Morgan fingerprint density at radius 1 is 1.09 bits per heavy atom. The predicted octanol–water partition coefficient (Wildman–Crippen LogP) is 1.90. The Balaban J connectivity index is 0.00000192. The fourth-order valence-corrected chi connectivity index (χ4v) is 7.07. The van der Waals surface area contributed by atoms with Gasteiger partial charge in [-0.05, 0) is 75.0 Å². The molecule has 4 aliphatic heterocycles. The molecule has 2 saturated heterocycles. The number of halogens is 1. The van der Waals surface area contributed by atoms with Crippen LogP contribution in [0.3, 0.4) is 0 Å². The van der Waals surface area contributed by atoms with Gasteiger partial charge >= 0.3 is 25.0 Å². The number of hydrogen-bond acceptors (Lipinski definition) is 6.